The van der Waals surface area contributed by atoms with Gasteiger partial charge in [0.2, 0.25) is 10.0 Å². The van der Waals surface area contributed by atoms with Crippen LogP contribution in [0.5, 0.6) is 5.75 Å². The highest BCUT2D eigenvalue weighted by molar-refractivity contribution is 7.90. The molecule has 7 rings (SSSR count). The van der Waals surface area contributed by atoms with Crippen molar-refractivity contribution in [3.63, 3.8) is 0 Å². The number of ether oxygens (including phenoxy) is 2. The van der Waals surface area contributed by atoms with Gasteiger partial charge >= 0.3 is 0 Å². The summed E-state index contributed by atoms with van der Waals surface area (Å²) < 4.78 is 42.7. The van der Waals surface area contributed by atoms with E-state index in [4.69, 9.17) is 21.1 Å². The fourth-order valence-electron chi connectivity index (χ4n) is 8.42. The largest absolute Gasteiger partial charge is 0.487 e. The quantitative estimate of drug-likeness (QED) is 0.306. The molecule has 2 aromatic carbocycles. The summed E-state index contributed by atoms with van der Waals surface area (Å²) in [6.45, 7) is 7.78. The summed E-state index contributed by atoms with van der Waals surface area (Å²) in [5.41, 5.74) is 5.02. The fourth-order valence-corrected chi connectivity index (χ4v) is 9.90. The molecule has 5 atom stereocenters. The molecule has 1 fully saturated rings. The zero-order chi connectivity index (χ0) is 36.5. The number of nitrogens with zero attached hydrogens (tertiary/aromatic N) is 4. The second-order valence-corrected chi connectivity index (χ2v) is 17.6. The second kappa shape index (κ2) is 15.5. The smallest absolute Gasteiger partial charge is 0.264 e. The van der Waals surface area contributed by atoms with Gasteiger partial charge in [-0.25, -0.2) is 23.1 Å². The van der Waals surface area contributed by atoms with Crippen LogP contribution in [-0.4, -0.2) is 73.3 Å². The first-order valence-corrected chi connectivity index (χ1v) is 20.6. The lowest BCUT2D eigenvalue weighted by atomic mass is 9.63. The van der Waals surface area contributed by atoms with Gasteiger partial charge in [-0.3, -0.25) is 9.69 Å². The Morgan fingerprint density at radius 2 is 1.92 bits per heavy atom. The first-order valence-electron chi connectivity index (χ1n) is 18.6. The molecule has 10 nitrogen and oxygen atoms in total. The normalized spacial score (nSPS) is 28.8. The number of sulfonamides is 1. The molecule has 1 amide bonds. The molecule has 0 saturated heterocycles. The molecule has 52 heavy (non-hydrogen) atoms. The summed E-state index contributed by atoms with van der Waals surface area (Å²) in [4.78, 5) is 27.2. The number of anilines is 1. The molecule has 1 saturated carbocycles. The minimum absolute atomic E-state index is 0.227. The molecule has 0 radical (unpaired) electrons. The van der Waals surface area contributed by atoms with Gasteiger partial charge in [-0.15, -0.1) is 0 Å². The van der Waals surface area contributed by atoms with Crippen molar-refractivity contribution in [2.45, 2.75) is 82.8 Å². The van der Waals surface area contributed by atoms with E-state index in [0.717, 1.165) is 81.6 Å². The lowest BCUT2D eigenvalue weighted by Crippen LogP contribution is -2.56. The Morgan fingerprint density at radius 3 is 2.73 bits per heavy atom. The van der Waals surface area contributed by atoms with Crippen molar-refractivity contribution in [3.05, 3.63) is 94.0 Å². The van der Waals surface area contributed by atoms with Gasteiger partial charge in [-0.1, -0.05) is 36.7 Å². The summed E-state index contributed by atoms with van der Waals surface area (Å²) in [6, 6.07) is 11.2. The number of fused-ring (bicyclic) bond motifs is 4. The van der Waals surface area contributed by atoms with E-state index in [1.807, 2.05) is 50.6 Å². The number of hydrogen-bond donors (Lipinski definition) is 1. The van der Waals surface area contributed by atoms with Crippen LogP contribution in [0.4, 0.5) is 5.69 Å². The van der Waals surface area contributed by atoms with E-state index >= 15 is 0 Å². The Labute approximate surface area is 313 Å². The maximum Gasteiger partial charge on any atom is 0.264 e. The molecule has 2 unspecified atom stereocenters. The minimum atomic E-state index is -3.97. The van der Waals surface area contributed by atoms with Crippen LogP contribution in [0.3, 0.4) is 0 Å². The van der Waals surface area contributed by atoms with Crippen molar-refractivity contribution >= 4 is 33.2 Å². The predicted octanol–water partition coefficient (Wildman–Crippen LogP) is 6.37. The minimum Gasteiger partial charge on any atom is -0.487 e. The first kappa shape index (κ1) is 36.8. The average Bonchev–Trinajstić information content (AvgIpc) is 3.15. The summed E-state index contributed by atoms with van der Waals surface area (Å²) in [7, 11) is -2.15. The van der Waals surface area contributed by atoms with E-state index in [0.29, 0.717) is 36.3 Å². The number of amides is 1. The third-order valence-corrected chi connectivity index (χ3v) is 14.1. The highest BCUT2D eigenvalue weighted by Gasteiger charge is 2.48. The third kappa shape index (κ3) is 7.74. The summed E-state index contributed by atoms with van der Waals surface area (Å²) >= 11 is 6.40. The number of hydrogen-bond acceptors (Lipinski definition) is 9. The highest BCUT2D eigenvalue weighted by atomic mass is 35.5. The SMILES string of the molecule is COC1(CN2CCc3cncnc3C2)/C=C/C[C@H](C)[C@@H](C)S(=O)(=O)NC(=O)c2ccc3c(c2)N(CCCCc2cc(Cl)ccc2CO3)C[C@@H]2CCC21. The number of nitrogens with one attached hydrogen (secondary N) is 1. The standard InChI is InChI=1S/C40H50ClN5O5S/c1-27-7-6-16-40(50-3,25-45-18-15-31-21-42-26-43-36(31)23-45)35-13-10-32(35)22-46-17-5-4-8-29-19-34(41)12-9-33(29)24-51-38-14-11-30(20-37(38)46)39(47)44-52(48,49)28(27)2/h6,9,11-12,14,16,19-21,26-28,32,35H,4-5,7-8,10,13,15,17-18,22-25H2,1-3H3,(H,44,47)/b16-6+/t27-,28+,32-,35?,40?/m0/s1. The van der Waals surface area contributed by atoms with Gasteiger partial charge in [-0.05, 0) is 117 Å². The van der Waals surface area contributed by atoms with Crippen molar-refractivity contribution in [1.29, 1.82) is 0 Å². The zero-order valence-electron chi connectivity index (χ0n) is 30.4. The molecule has 4 heterocycles. The molecule has 2 bridgehead atoms. The van der Waals surface area contributed by atoms with Crippen LogP contribution in [0.25, 0.3) is 0 Å². The average molecular weight is 748 g/mol. The van der Waals surface area contributed by atoms with E-state index < -0.39 is 26.8 Å². The number of carbonyl (C=O) groups excluding carboxylic acids is 1. The van der Waals surface area contributed by atoms with Crippen molar-refractivity contribution < 1.29 is 22.7 Å². The Hall–Kier alpha value is -3.51. The molecular formula is C40H50ClN5O5S. The van der Waals surface area contributed by atoms with Crippen molar-refractivity contribution in [2.75, 3.05) is 38.2 Å². The Bertz CT molecular complexity index is 1920. The van der Waals surface area contributed by atoms with E-state index in [-0.39, 0.29) is 17.4 Å². The zero-order valence-corrected chi connectivity index (χ0v) is 32.0. The van der Waals surface area contributed by atoms with Gasteiger partial charge in [-0.2, -0.15) is 0 Å². The van der Waals surface area contributed by atoms with Gasteiger partial charge in [0.25, 0.3) is 5.91 Å². The number of carbonyl (C=O) groups is 1. The summed E-state index contributed by atoms with van der Waals surface area (Å²) in [5.74, 6) is 0.333. The van der Waals surface area contributed by atoms with Gasteiger partial charge < -0.3 is 14.4 Å². The lowest BCUT2D eigenvalue weighted by Gasteiger charge is -2.51. The molecule has 3 aromatic rings. The van der Waals surface area contributed by atoms with Crippen LogP contribution in [0.1, 0.15) is 78.7 Å². The van der Waals surface area contributed by atoms with Crippen LogP contribution in [-0.2, 0) is 40.8 Å². The van der Waals surface area contributed by atoms with Crippen LogP contribution in [0, 0.1) is 17.8 Å². The molecule has 1 aromatic heterocycles. The van der Waals surface area contributed by atoms with E-state index in [9.17, 15) is 13.2 Å². The van der Waals surface area contributed by atoms with Crippen LogP contribution >= 0.6 is 11.6 Å². The number of methoxy groups -OCH3 is 1. The number of aromatic nitrogens is 2. The van der Waals surface area contributed by atoms with Gasteiger partial charge in [0.05, 0.1) is 16.6 Å². The highest BCUT2D eigenvalue weighted by Crippen LogP contribution is 2.47. The summed E-state index contributed by atoms with van der Waals surface area (Å²) in [6.07, 6.45) is 14.1. The number of aryl methyl sites for hydroxylation is 1. The fraction of sp³-hybridized carbons (Fsp3) is 0.525. The van der Waals surface area contributed by atoms with Gasteiger partial charge in [0, 0.05) is 56.6 Å². The topological polar surface area (TPSA) is 114 Å². The van der Waals surface area contributed by atoms with Gasteiger partial charge in [0.15, 0.2) is 0 Å². The first-order chi connectivity index (χ1) is 25.0. The molecule has 1 N–H and O–H groups in total. The number of benzene rings is 2. The monoisotopic (exact) mass is 747 g/mol. The molecule has 278 valence electrons. The number of rotatable bonds is 3. The molecule has 1 aliphatic carbocycles. The third-order valence-electron chi connectivity index (χ3n) is 12.0. The molecular weight excluding hydrogens is 698 g/mol. The van der Waals surface area contributed by atoms with Crippen molar-refractivity contribution in [3.8, 4) is 5.75 Å². The maximum absolute atomic E-state index is 13.6. The predicted molar refractivity (Wildman–Crippen MR) is 203 cm³/mol. The maximum atomic E-state index is 13.6. The van der Waals surface area contributed by atoms with Crippen LogP contribution in [0.15, 0.2) is 61.1 Å². The Balaban J connectivity index is 1.26. The van der Waals surface area contributed by atoms with Crippen LogP contribution < -0.4 is 14.4 Å². The van der Waals surface area contributed by atoms with Crippen LogP contribution in [0.2, 0.25) is 5.02 Å². The molecule has 4 aliphatic rings. The molecule has 12 heteroatoms. The second-order valence-electron chi connectivity index (χ2n) is 15.1. The summed E-state index contributed by atoms with van der Waals surface area (Å²) in [5, 5.41) is -0.0860. The van der Waals surface area contributed by atoms with E-state index in [2.05, 4.69) is 36.6 Å². The molecule has 3 aliphatic heterocycles. The van der Waals surface area contributed by atoms with Gasteiger partial charge in [0.1, 0.15) is 24.3 Å². The lowest BCUT2D eigenvalue weighted by molar-refractivity contribution is -0.0932. The van der Waals surface area contributed by atoms with E-state index in [1.54, 1.807) is 19.3 Å². The molecule has 0 spiro atoms. The van der Waals surface area contributed by atoms with E-state index in [1.165, 1.54) is 11.1 Å². The number of halogens is 1. The van der Waals surface area contributed by atoms with Crippen molar-refractivity contribution in [2.24, 2.45) is 17.8 Å². The Kier molecular flexibility index (Phi) is 10.9. The van der Waals surface area contributed by atoms with Crippen molar-refractivity contribution in [1.82, 2.24) is 19.6 Å². The Morgan fingerprint density at radius 1 is 1.06 bits per heavy atom. The number of allylic oxidation sites excluding steroid dienone is 1.